The number of carbonyl (C=O) groups excluding carboxylic acids is 1. The summed E-state index contributed by atoms with van der Waals surface area (Å²) in [6.45, 7) is 8.22. The molecule has 6 rings (SSSR count). The van der Waals surface area contributed by atoms with Crippen molar-refractivity contribution in [3.63, 3.8) is 0 Å². The van der Waals surface area contributed by atoms with Crippen molar-refractivity contribution >= 4 is 29.0 Å². The summed E-state index contributed by atoms with van der Waals surface area (Å²) in [5, 5.41) is 10.1. The summed E-state index contributed by atoms with van der Waals surface area (Å²) in [5.41, 5.74) is 6.72. The van der Waals surface area contributed by atoms with Crippen LogP contribution in [0.4, 0.5) is 16.2 Å². The Labute approximate surface area is 242 Å². The molecule has 2 aromatic carbocycles. The number of hydrazone groups is 1. The number of aliphatic imine (C=N–C) groups is 1. The molecule has 41 heavy (non-hydrogen) atoms. The molecule has 0 spiro atoms. The maximum Gasteiger partial charge on any atom is 0.349 e. The van der Waals surface area contributed by atoms with E-state index in [1.807, 2.05) is 43.9 Å². The zero-order valence-corrected chi connectivity index (χ0v) is 24.2. The first-order valence-electron chi connectivity index (χ1n) is 14.8. The van der Waals surface area contributed by atoms with E-state index in [9.17, 15) is 4.79 Å². The fourth-order valence-electron chi connectivity index (χ4n) is 5.96. The number of urea groups is 1. The Bertz CT molecular complexity index is 1440. The largest absolute Gasteiger partial charge is 0.488 e. The molecule has 1 aromatic heterocycles. The number of furan rings is 1. The summed E-state index contributed by atoms with van der Waals surface area (Å²) >= 11 is 0. The second kappa shape index (κ2) is 11.8. The Morgan fingerprint density at radius 2 is 1.88 bits per heavy atom. The molecule has 8 nitrogen and oxygen atoms in total. The van der Waals surface area contributed by atoms with E-state index in [1.165, 1.54) is 19.3 Å². The van der Waals surface area contributed by atoms with Crippen LogP contribution in [0.3, 0.4) is 0 Å². The Kier molecular flexibility index (Phi) is 7.81. The summed E-state index contributed by atoms with van der Waals surface area (Å²) in [6.07, 6.45) is 9.86. The average Bonchev–Trinajstić information content (AvgIpc) is 3.67. The molecular formula is C33H39N5O3. The first kappa shape index (κ1) is 27.1. The van der Waals surface area contributed by atoms with Crippen molar-refractivity contribution in [2.45, 2.75) is 71.9 Å². The van der Waals surface area contributed by atoms with Crippen LogP contribution in [-0.2, 0) is 13.0 Å². The minimum absolute atomic E-state index is 0.0958. The molecule has 0 radical (unpaired) electrons. The van der Waals surface area contributed by atoms with Crippen molar-refractivity contribution in [1.29, 1.82) is 0 Å². The number of fused-ring (bicyclic) bond motifs is 1. The number of anilines is 2. The lowest BCUT2D eigenvalue weighted by Gasteiger charge is -2.29. The third kappa shape index (κ3) is 5.73. The van der Waals surface area contributed by atoms with Crippen LogP contribution in [0.2, 0.25) is 0 Å². The molecule has 3 aliphatic rings. The monoisotopic (exact) mass is 553 g/mol. The normalized spacial score (nSPS) is 17.7. The zero-order chi connectivity index (χ0) is 28.3. The lowest BCUT2D eigenvalue weighted by molar-refractivity contribution is 0.195. The predicted molar refractivity (Wildman–Crippen MR) is 162 cm³/mol. The molecule has 0 bridgehead atoms. The molecule has 3 heterocycles. The summed E-state index contributed by atoms with van der Waals surface area (Å²) in [4.78, 5) is 20.7. The van der Waals surface area contributed by atoms with Crippen LogP contribution in [0.5, 0.6) is 5.75 Å². The van der Waals surface area contributed by atoms with Crippen molar-refractivity contribution < 1.29 is 13.9 Å². The Morgan fingerprint density at radius 1 is 1.07 bits per heavy atom. The van der Waals surface area contributed by atoms with Gasteiger partial charge in [-0.1, -0.05) is 31.4 Å². The third-order valence-electron chi connectivity index (χ3n) is 8.18. The molecule has 3 aromatic rings. The molecule has 2 amide bonds. The van der Waals surface area contributed by atoms with Gasteiger partial charge in [0, 0.05) is 30.0 Å². The number of carbonyl (C=O) groups is 1. The molecule has 1 saturated carbocycles. The van der Waals surface area contributed by atoms with Crippen LogP contribution in [0.25, 0.3) is 0 Å². The van der Waals surface area contributed by atoms with Gasteiger partial charge in [-0.2, -0.15) is 5.10 Å². The van der Waals surface area contributed by atoms with Crippen LogP contribution >= 0.6 is 0 Å². The molecule has 8 heteroatoms. The molecule has 1 aliphatic carbocycles. The number of ether oxygens (including phenoxy) is 1. The van der Waals surface area contributed by atoms with Gasteiger partial charge < -0.3 is 14.5 Å². The van der Waals surface area contributed by atoms with E-state index >= 15 is 0 Å². The second-order valence-electron chi connectivity index (χ2n) is 11.5. The van der Waals surface area contributed by atoms with Crippen molar-refractivity contribution in [2.24, 2.45) is 16.0 Å². The van der Waals surface area contributed by atoms with E-state index in [4.69, 9.17) is 14.3 Å². The lowest BCUT2D eigenvalue weighted by Crippen LogP contribution is -2.41. The molecule has 2 aliphatic heterocycles. The van der Waals surface area contributed by atoms with E-state index in [0.717, 1.165) is 83.3 Å². The molecule has 1 N–H and O–H groups in total. The van der Waals surface area contributed by atoms with Gasteiger partial charge in [0.1, 0.15) is 18.2 Å². The number of aryl methyl sites for hydroxylation is 1. The van der Waals surface area contributed by atoms with Gasteiger partial charge in [-0.05, 0) is 75.1 Å². The second-order valence-corrected chi connectivity index (χ2v) is 11.5. The van der Waals surface area contributed by atoms with Crippen LogP contribution in [-0.4, -0.2) is 41.7 Å². The van der Waals surface area contributed by atoms with Crippen LogP contribution in [0.1, 0.15) is 68.2 Å². The quantitative estimate of drug-likeness (QED) is 0.326. The topological polar surface area (TPSA) is 82.7 Å². The van der Waals surface area contributed by atoms with Gasteiger partial charge in [-0.25, -0.2) is 9.80 Å². The number of nitrogens with zero attached hydrogens (tertiary/aromatic N) is 4. The van der Waals surface area contributed by atoms with E-state index in [0.29, 0.717) is 12.5 Å². The van der Waals surface area contributed by atoms with E-state index in [2.05, 4.69) is 34.6 Å². The molecular weight excluding hydrogens is 514 g/mol. The van der Waals surface area contributed by atoms with E-state index in [-0.39, 0.29) is 12.1 Å². The number of amides is 2. The van der Waals surface area contributed by atoms with Gasteiger partial charge in [0.25, 0.3) is 0 Å². The van der Waals surface area contributed by atoms with Gasteiger partial charge in [0.2, 0.25) is 0 Å². The fourth-order valence-corrected chi connectivity index (χ4v) is 5.96. The van der Waals surface area contributed by atoms with Crippen LogP contribution in [0.15, 0.2) is 69.5 Å². The summed E-state index contributed by atoms with van der Waals surface area (Å²) in [5.74, 6) is 2.10. The van der Waals surface area contributed by atoms with Crippen molar-refractivity contribution in [2.75, 3.05) is 18.0 Å². The first-order valence-corrected chi connectivity index (χ1v) is 14.8. The zero-order valence-electron chi connectivity index (χ0n) is 24.2. The number of benzene rings is 2. The van der Waals surface area contributed by atoms with Crippen LogP contribution < -0.4 is 15.0 Å². The maximum absolute atomic E-state index is 14.3. The van der Waals surface area contributed by atoms with E-state index in [1.54, 1.807) is 17.5 Å². The van der Waals surface area contributed by atoms with E-state index < -0.39 is 0 Å². The van der Waals surface area contributed by atoms with Crippen molar-refractivity contribution in [3.8, 4) is 5.75 Å². The van der Waals surface area contributed by atoms with Gasteiger partial charge in [-0.15, -0.1) is 0 Å². The molecule has 214 valence electrons. The number of hydrogen-bond acceptors (Lipinski definition) is 6. The summed E-state index contributed by atoms with van der Waals surface area (Å²) < 4.78 is 11.5. The third-order valence-corrected chi connectivity index (χ3v) is 8.18. The molecule has 0 unspecified atom stereocenters. The maximum atomic E-state index is 14.3. The van der Waals surface area contributed by atoms with Gasteiger partial charge >= 0.3 is 6.03 Å². The highest BCUT2D eigenvalue weighted by Crippen LogP contribution is 2.41. The first-order chi connectivity index (χ1) is 20.0. The Hall–Kier alpha value is -4.07. The minimum Gasteiger partial charge on any atom is -0.488 e. The average molecular weight is 554 g/mol. The lowest BCUT2D eigenvalue weighted by atomic mass is 9.82. The van der Waals surface area contributed by atoms with Crippen molar-refractivity contribution in [3.05, 3.63) is 77.2 Å². The summed E-state index contributed by atoms with van der Waals surface area (Å²) in [7, 11) is 0. The standard InChI is InChI=1S/C33H39N5O3/c1-22(2)38-33(39)37(27-11-9-24(10-12-27)18-31-34-14-15-35-31)29-17-23(3)30(41-21-25-13-16-40-20-25)19-28(29)32(36-38)26-7-5-4-6-8-26/h9-13,16-17,19-20,22,26H,4-8,14-15,18,21H2,1-3H3,(H,34,35). The minimum atomic E-state index is -0.145. The van der Waals surface area contributed by atoms with Gasteiger partial charge in [0.05, 0.1) is 42.2 Å². The van der Waals surface area contributed by atoms with Crippen LogP contribution in [0, 0.1) is 12.8 Å². The van der Waals surface area contributed by atoms with Crippen molar-refractivity contribution in [1.82, 2.24) is 10.3 Å². The van der Waals surface area contributed by atoms with Gasteiger partial charge in [0.15, 0.2) is 0 Å². The molecule has 0 atom stereocenters. The predicted octanol–water partition coefficient (Wildman–Crippen LogP) is 6.98. The number of hydrogen-bond donors (Lipinski definition) is 1. The number of nitrogens with one attached hydrogen (secondary N) is 1. The Balaban J connectivity index is 1.43. The highest BCUT2D eigenvalue weighted by Gasteiger charge is 2.36. The van der Waals surface area contributed by atoms with Gasteiger partial charge in [-0.3, -0.25) is 9.89 Å². The highest BCUT2D eigenvalue weighted by atomic mass is 16.5. The summed E-state index contributed by atoms with van der Waals surface area (Å²) in [6, 6.07) is 14.1. The highest BCUT2D eigenvalue weighted by molar-refractivity contribution is 6.14. The number of rotatable bonds is 8. The Morgan fingerprint density at radius 3 is 2.56 bits per heavy atom. The fraction of sp³-hybridized carbons (Fsp3) is 0.424. The number of amidine groups is 1. The SMILES string of the molecule is Cc1cc2c(cc1OCc1ccoc1)C(C1CCCCC1)=NN(C(C)C)C(=O)N2c1ccc(CC2=NCCN2)cc1. The molecule has 1 fully saturated rings. The smallest absolute Gasteiger partial charge is 0.349 e. The molecule has 0 saturated heterocycles.